The Labute approximate surface area is 258 Å². The van der Waals surface area contributed by atoms with Gasteiger partial charge in [0.05, 0.1) is 12.2 Å². The van der Waals surface area contributed by atoms with E-state index in [0.29, 0.717) is 0 Å². The number of carboxylic acids is 1. The Morgan fingerprint density at radius 1 is 0.690 bits per heavy atom. The van der Waals surface area contributed by atoms with E-state index < -0.39 is 12.1 Å². The fourth-order valence-electron chi connectivity index (χ4n) is 5.55. The van der Waals surface area contributed by atoms with Crippen molar-refractivity contribution in [1.82, 2.24) is 10.6 Å². The van der Waals surface area contributed by atoms with Crippen LogP contribution in [0.2, 0.25) is 0 Å². The van der Waals surface area contributed by atoms with Crippen LogP contribution in [0.25, 0.3) is 0 Å². The molecule has 8 heteroatoms. The van der Waals surface area contributed by atoms with E-state index in [1.165, 1.54) is 83.5 Å². The summed E-state index contributed by atoms with van der Waals surface area (Å²) in [7, 11) is 0. The molecule has 0 bridgehead atoms. The van der Waals surface area contributed by atoms with E-state index in [1.54, 1.807) is 0 Å². The number of nitrogens with two attached hydrogens (primary N) is 1. The van der Waals surface area contributed by atoms with Gasteiger partial charge in [0.25, 0.3) is 5.91 Å². The number of nitrogens with one attached hydrogen (secondary N) is 2. The van der Waals surface area contributed by atoms with Gasteiger partial charge in [-0.1, -0.05) is 105 Å². The van der Waals surface area contributed by atoms with E-state index in [0.717, 1.165) is 70.1 Å². The number of epoxide rings is 2. The molecule has 0 unspecified atom stereocenters. The summed E-state index contributed by atoms with van der Waals surface area (Å²) in [5.41, 5.74) is 5.14. The Balaban J connectivity index is 0.000000295. The number of amides is 1. The van der Waals surface area contributed by atoms with Gasteiger partial charge in [-0.2, -0.15) is 0 Å². The van der Waals surface area contributed by atoms with Crippen molar-refractivity contribution in [2.75, 3.05) is 13.1 Å². The second-order valence-electron chi connectivity index (χ2n) is 12.4. The molecule has 2 aliphatic heterocycles. The second-order valence-corrected chi connectivity index (χ2v) is 12.4. The van der Waals surface area contributed by atoms with Crippen molar-refractivity contribution in [3.63, 3.8) is 0 Å². The van der Waals surface area contributed by atoms with Gasteiger partial charge in [0, 0.05) is 18.6 Å². The van der Waals surface area contributed by atoms with E-state index in [1.807, 2.05) is 0 Å². The SMILES string of the molecule is C1CCC(NC2CCCCC2)CC1.CCCCN.CCCCNC(=O)[C@H]1O[C@@H]1CCCC.CCCC[C@H]1O[C@@H]1C(=O)O. The van der Waals surface area contributed by atoms with E-state index in [2.05, 4.69) is 38.3 Å². The topological polar surface area (TPSA) is 130 Å². The third-order valence-corrected chi connectivity index (χ3v) is 8.42. The van der Waals surface area contributed by atoms with Crippen LogP contribution >= 0.6 is 0 Å². The molecule has 2 heterocycles. The van der Waals surface area contributed by atoms with E-state index >= 15 is 0 Å². The fourth-order valence-corrected chi connectivity index (χ4v) is 5.55. The number of carboxylic acid groups (broad SMARTS) is 1. The van der Waals surface area contributed by atoms with Crippen LogP contribution in [0.4, 0.5) is 0 Å². The highest BCUT2D eigenvalue weighted by Gasteiger charge is 2.44. The lowest BCUT2D eigenvalue weighted by atomic mass is 9.91. The largest absolute Gasteiger partial charge is 0.479 e. The van der Waals surface area contributed by atoms with Gasteiger partial charge in [0.2, 0.25) is 0 Å². The van der Waals surface area contributed by atoms with Gasteiger partial charge in [-0.25, -0.2) is 4.79 Å². The lowest BCUT2D eigenvalue weighted by Crippen LogP contribution is -2.40. The van der Waals surface area contributed by atoms with Gasteiger partial charge < -0.3 is 30.9 Å². The summed E-state index contributed by atoms with van der Waals surface area (Å²) in [5, 5.41) is 15.1. The third-order valence-electron chi connectivity index (χ3n) is 8.42. The molecule has 0 spiro atoms. The first-order chi connectivity index (χ1) is 20.4. The predicted molar refractivity (Wildman–Crippen MR) is 173 cm³/mol. The van der Waals surface area contributed by atoms with Crippen LogP contribution in [-0.2, 0) is 19.1 Å². The molecule has 1 amide bonds. The summed E-state index contributed by atoms with van der Waals surface area (Å²) >= 11 is 0. The molecule has 2 aliphatic carbocycles. The normalized spacial score (nSPS) is 25.0. The van der Waals surface area contributed by atoms with E-state index in [9.17, 15) is 9.59 Å². The minimum Gasteiger partial charge on any atom is -0.479 e. The number of carbonyl (C=O) groups excluding carboxylic acids is 1. The van der Waals surface area contributed by atoms with Gasteiger partial charge in [-0.3, -0.25) is 4.79 Å². The van der Waals surface area contributed by atoms with E-state index in [-0.39, 0.29) is 24.2 Å². The molecule has 0 aromatic rings. The van der Waals surface area contributed by atoms with Crippen molar-refractivity contribution in [2.45, 2.75) is 193 Å². The molecule has 248 valence electrons. The molecule has 4 atom stereocenters. The molecular weight excluding hydrogens is 530 g/mol. The maximum absolute atomic E-state index is 11.4. The number of ether oxygens (including phenoxy) is 2. The molecule has 42 heavy (non-hydrogen) atoms. The predicted octanol–water partition coefficient (Wildman–Crippen LogP) is 6.88. The molecule has 0 radical (unpaired) electrons. The van der Waals surface area contributed by atoms with Crippen LogP contribution in [0.5, 0.6) is 0 Å². The Morgan fingerprint density at radius 2 is 1.14 bits per heavy atom. The number of rotatable bonds is 15. The standard InChI is InChI=1S/C12H23N.C11H21NO2.C7H12O3.C4H11N/c1-3-7-11(8-4-1)13-12-9-5-2-6-10-12;1-3-5-7-9-10(14-9)11(13)12-8-6-4-2;1-2-3-4-5-6(10-5)7(8)9;1-2-3-4-5/h11-13H,1-10H2;9-10H,3-8H2,1-2H3,(H,12,13);5-6H,2-4H2,1H3,(H,8,9);2-5H2,1H3/t;9-,10+;5-,6+;/m.11./s1. The average Bonchev–Trinajstić information content (AvgIpc) is 3.93. The summed E-state index contributed by atoms with van der Waals surface area (Å²) in [6.45, 7) is 10.1. The van der Waals surface area contributed by atoms with Gasteiger partial charge in [-0.05, 0) is 57.9 Å². The zero-order valence-corrected chi connectivity index (χ0v) is 27.7. The van der Waals surface area contributed by atoms with Gasteiger partial charge >= 0.3 is 5.97 Å². The van der Waals surface area contributed by atoms with Crippen molar-refractivity contribution in [3.05, 3.63) is 0 Å². The third kappa shape index (κ3) is 19.1. The first-order valence-corrected chi connectivity index (χ1v) is 17.7. The molecule has 4 aliphatic rings. The van der Waals surface area contributed by atoms with Crippen molar-refractivity contribution < 1.29 is 24.2 Å². The Kier molecular flexibility index (Phi) is 23.2. The van der Waals surface area contributed by atoms with Crippen LogP contribution in [0.3, 0.4) is 0 Å². The van der Waals surface area contributed by atoms with Crippen molar-refractivity contribution in [1.29, 1.82) is 0 Å². The minimum atomic E-state index is -0.818. The van der Waals surface area contributed by atoms with Crippen molar-refractivity contribution >= 4 is 11.9 Å². The second kappa shape index (κ2) is 25.1. The van der Waals surface area contributed by atoms with E-state index in [4.69, 9.17) is 20.3 Å². The molecule has 4 fully saturated rings. The summed E-state index contributed by atoms with van der Waals surface area (Å²) in [6.07, 6.45) is 25.1. The molecule has 2 saturated heterocycles. The van der Waals surface area contributed by atoms with Gasteiger partial charge in [0.1, 0.15) is 0 Å². The quantitative estimate of drug-likeness (QED) is 0.120. The number of hydrogen-bond acceptors (Lipinski definition) is 6. The molecule has 8 nitrogen and oxygen atoms in total. The molecule has 0 aromatic heterocycles. The number of aliphatic carboxylic acids is 1. The van der Waals surface area contributed by atoms with Crippen LogP contribution in [0, 0.1) is 0 Å². The lowest BCUT2D eigenvalue weighted by Gasteiger charge is -2.30. The molecule has 2 saturated carbocycles. The highest BCUT2D eigenvalue weighted by atomic mass is 16.6. The summed E-state index contributed by atoms with van der Waals surface area (Å²) < 4.78 is 10.2. The molecular formula is C34H67N3O5. The average molecular weight is 598 g/mol. The van der Waals surface area contributed by atoms with Crippen LogP contribution in [0.15, 0.2) is 0 Å². The summed E-state index contributed by atoms with van der Waals surface area (Å²) in [4.78, 5) is 21.6. The van der Waals surface area contributed by atoms with Crippen LogP contribution < -0.4 is 16.4 Å². The first-order valence-electron chi connectivity index (χ1n) is 17.7. The monoisotopic (exact) mass is 598 g/mol. The zero-order chi connectivity index (χ0) is 31.0. The van der Waals surface area contributed by atoms with Crippen molar-refractivity contribution in [2.24, 2.45) is 5.73 Å². The maximum Gasteiger partial charge on any atom is 0.335 e. The molecule has 5 N–H and O–H groups in total. The molecule has 4 rings (SSSR count). The Bertz CT molecular complexity index is 650. The summed E-state index contributed by atoms with van der Waals surface area (Å²) in [5.74, 6) is -0.736. The fraction of sp³-hybridized carbons (Fsp3) is 0.941. The van der Waals surface area contributed by atoms with Gasteiger partial charge in [0.15, 0.2) is 12.2 Å². The number of hydrogen-bond donors (Lipinski definition) is 4. The zero-order valence-electron chi connectivity index (χ0n) is 27.7. The summed E-state index contributed by atoms with van der Waals surface area (Å²) in [6, 6.07) is 1.74. The molecule has 0 aromatic carbocycles. The lowest BCUT2D eigenvalue weighted by molar-refractivity contribution is -0.138. The minimum absolute atomic E-state index is 0.0115. The van der Waals surface area contributed by atoms with Crippen LogP contribution in [0.1, 0.15) is 156 Å². The highest BCUT2D eigenvalue weighted by molar-refractivity contribution is 5.83. The number of unbranched alkanes of at least 4 members (excludes halogenated alkanes) is 4. The number of carbonyl (C=O) groups is 2. The highest BCUT2D eigenvalue weighted by Crippen LogP contribution is 2.28. The Hall–Kier alpha value is -1.22. The van der Waals surface area contributed by atoms with Gasteiger partial charge in [-0.15, -0.1) is 0 Å². The van der Waals surface area contributed by atoms with Crippen LogP contribution in [-0.4, -0.2) is 66.6 Å². The smallest absolute Gasteiger partial charge is 0.335 e. The Morgan fingerprint density at radius 3 is 1.52 bits per heavy atom. The van der Waals surface area contributed by atoms with Crippen molar-refractivity contribution in [3.8, 4) is 0 Å². The first kappa shape index (κ1) is 38.8. The maximum atomic E-state index is 11.4.